The van der Waals surface area contributed by atoms with Crippen LogP contribution < -0.4 is 16.0 Å². The van der Waals surface area contributed by atoms with E-state index in [4.69, 9.17) is 4.74 Å². The van der Waals surface area contributed by atoms with E-state index in [0.717, 1.165) is 32.7 Å². The summed E-state index contributed by atoms with van der Waals surface area (Å²) in [5.74, 6) is 0. The van der Waals surface area contributed by atoms with E-state index in [-0.39, 0.29) is 30.8 Å². The summed E-state index contributed by atoms with van der Waals surface area (Å²) >= 11 is 0. The van der Waals surface area contributed by atoms with Crippen molar-refractivity contribution in [2.45, 2.75) is 69.7 Å². The summed E-state index contributed by atoms with van der Waals surface area (Å²) < 4.78 is 5.88. The lowest BCUT2D eigenvalue weighted by Gasteiger charge is -2.44. The normalized spacial score (nSPS) is 35.2. The number of piperazine rings is 1. The molecule has 0 aromatic heterocycles. The summed E-state index contributed by atoms with van der Waals surface area (Å²) in [5, 5.41) is 29.5. The van der Waals surface area contributed by atoms with Gasteiger partial charge in [-0.2, -0.15) is 0 Å². The van der Waals surface area contributed by atoms with E-state index < -0.39 is 12.2 Å². The van der Waals surface area contributed by atoms with Gasteiger partial charge in [0.1, 0.15) is 12.2 Å². The molecular weight excluding hydrogens is 362 g/mol. The third-order valence-corrected chi connectivity index (χ3v) is 6.02. The fourth-order valence-corrected chi connectivity index (χ4v) is 4.60. The van der Waals surface area contributed by atoms with Gasteiger partial charge in [-0.3, -0.25) is 9.80 Å². The van der Waals surface area contributed by atoms with Crippen molar-refractivity contribution in [1.29, 1.82) is 0 Å². The first-order valence-electron chi connectivity index (χ1n) is 10.7. The molecule has 3 fully saturated rings. The highest BCUT2D eigenvalue weighted by atomic mass is 16.5. The molecule has 0 aromatic rings. The summed E-state index contributed by atoms with van der Waals surface area (Å²) in [6.07, 6.45) is 2.47. The van der Waals surface area contributed by atoms with E-state index in [1.807, 2.05) is 13.8 Å². The molecule has 9 heteroatoms. The number of aliphatic hydroxyl groups is 2. The zero-order valence-electron chi connectivity index (χ0n) is 17.1. The van der Waals surface area contributed by atoms with Crippen LogP contribution in [0.25, 0.3) is 0 Å². The minimum atomic E-state index is -0.760. The minimum absolute atomic E-state index is 0.0533. The first-order chi connectivity index (χ1) is 13.5. The molecule has 3 rings (SSSR count). The number of amides is 2. The number of nitrogens with one attached hydrogen (secondary N) is 3. The van der Waals surface area contributed by atoms with E-state index in [9.17, 15) is 15.0 Å². The van der Waals surface area contributed by atoms with Gasteiger partial charge in [-0.15, -0.1) is 0 Å². The highest BCUT2D eigenvalue weighted by Crippen LogP contribution is 2.27. The molecule has 3 saturated heterocycles. The van der Waals surface area contributed by atoms with Gasteiger partial charge in [-0.25, -0.2) is 4.79 Å². The fourth-order valence-electron chi connectivity index (χ4n) is 4.60. The van der Waals surface area contributed by atoms with Crippen LogP contribution in [0.4, 0.5) is 4.79 Å². The van der Waals surface area contributed by atoms with Crippen molar-refractivity contribution in [2.24, 2.45) is 0 Å². The second kappa shape index (κ2) is 10.2. The number of rotatable bonds is 6. The molecule has 0 aliphatic carbocycles. The Morgan fingerprint density at radius 1 is 1.18 bits per heavy atom. The van der Waals surface area contributed by atoms with Crippen molar-refractivity contribution in [2.75, 3.05) is 45.9 Å². The Balaban J connectivity index is 1.55. The van der Waals surface area contributed by atoms with Gasteiger partial charge < -0.3 is 30.9 Å². The number of piperidine rings is 1. The Kier molecular flexibility index (Phi) is 7.90. The molecule has 2 amide bonds. The van der Waals surface area contributed by atoms with Crippen LogP contribution >= 0.6 is 0 Å². The molecule has 162 valence electrons. The molecule has 0 radical (unpaired) electrons. The molecule has 0 aromatic carbocycles. The minimum Gasteiger partial charge on any atom is -0.394 e. The summed E-state index contributed by atoms with van der Waals surface area (Å²) in [7, 11) is 0. The summed E-state index contributed by atoms with van der Waals surface area (Å²) in [6, 6.07) is -0.414. The largest absolute Gasteiger partial charge is 0.394 e. The van der Waals surface area contributed by atoms with Gasteiger partial charge in [0, 0.05) is 38.8 Å². The van der Waals surface area contributed by atoms with E-state index in [1.54, 1.807) is 0 Å². The van der Waals surface area contributed by atoms with E-state index in [2.05, 4.69) is 25.8 Å². The second-order valence-corrected chi connectivity index (χ2v) is 8.42. The first-order valence-corrected chi connectivity index (χ1v) is 10.7. The average Bonchev–Trinajstić information content (AvgIpc) is 3.02. The van der Waals surface area contributed by atoms with Crippen LogP contribution in [0.3, 0.4) is 0 Å². The summed E-state index contributed by atoms with van der Waals surface area (Å²) in [5.41, 5.74) is 0. The van der Waals surface area contributed by atoms with Gasteiger partial charge >= 0.3 is 6.03 Å². The van der Waals surface area contributed by atoms with Crippen molar-refractivity contribution >= 4 is 6.03 Å². The van der Waals surface area contributed by atoms with Gasteiger partial charge in [0.15, 0.2) is 0 Å². The van der Waals surface area contributed by atoms with Crippen LogP contribution in [-0.2, 0) is 4.74 Å². The highest BCUT2D eigenvalue weighted by Gasteiger charge is 2.47. The molecule has 0 bridgehead atoms. The number of carbonyl (C=O) groups is 1. The van der Waals surface area contributed by atoms with E-state index in [0.29, 0.717) is 12.7 Å². The number of hydrogen-bond acceptors (Lipinski definition) is 7. The Bertz CT molecular complexity index is 495. The standard InChI is InChI=1S/C19H37N5O4/c1-13(2)22-19(27)21-11-14-17(18(26)15(12-25)28-14)24-9-7-23(8-10-24)16-5-3-4-6-20-16/h13-18,20,25-26H,3-12H2,1-2H3,(H2,21,22,27). The number of carbonyl (C=O) groups excluding carboxylic acids is 1. The summed E-state index contributed by atoms with van der Waals surface area (Å²) in [4.78, 5) is 16.7. The van der Waals surface area contributed by atoms with Crippen LogP contribution in [0.1, 0.15) is 33.1 Å². The van der Waals surface area contributed by atoms with Gasteiger partial charge in [0.2, 0.25) is 0 Å². The monoisotopic (exact) mass is 399 g/mol. The maximum absolute atomic E-state index is 11.9. The van der Waals surface area contributed by atoms with Crippen molar-refractivity contribution in [3.05, 3.63) is 0 Å². The van der Waals surface area contributed by atoms with Crippen molar-refractivity contribution < 1.29 is 19.7 Å². The van der Waals surface area contributed by atoms with Crippen molar-refractivity contribution in [3.63, 3.8) is 0 Å². The Morgan fingerprint density at radius 2 is 1.89 bits per heavy atom. The maximum Gasteiger partial charge on any atom is 0.315 e. The molecule has 5 N–H and O–H groups in total. The molecule has 5 unspecified atom stereocenters. The lowest BCUT2D eigenvalue weighted by Crippen LogP contribution is -2.61. The van der Waals surface area contributed by atoms with Gasteiger partial charge in [0.05, 0.1) is 24.9 Å². The Labute approximate surface area is 167 Å². The van der Waals surface area contributed by atoms with Crippen LogP contribution in [0.2, 0.25) is 0 Å². The zero-order valence-corrected chi connectivity index (χ0v) is 17.1. The van der Waals surface area contributed by atoms with Crippen LogP contribution in [-0.4, -0.2) is 108 Å². The summed E-state index contributed by atoms with van der Waals surface area (Å²) in [6.45, 7) is 8.55. The molecule has 5 atom stereocenters. The fraction of sp³-hybridized carbons (Fsp3) is 0.947. The topological polar surface area (TPSA) is 109 Å². The zero-order chi connectivity index (χ0) is 20.1. The highest BCUT2D eigenvalue weighted by molar-refractivity contribution is 5.74. The SMILES string of the molecule is CC(C)NC(=O)NCC1OC(CO)C(O)C1N1CCN(C2CCCCN2)CC1. The molecule has 3 aliphatic rings. The lowest BCUT2D eigenvalue weighted by atomic mass is 10.0. The lowest BCUT2D eigenvalue weighted by molar-refractivity contribution is -0.0206. The third kappa shape index (κ3) is 5.34. The Hall–Kier alpha value is -0.970. The van der Waals surface area contributed by atoms with Crippen molar-refractivity contribution in [1.82, 2.24) is 25.8 Å². The smallest absolute Gasteiger partial charge is 0.315 e. The third-order valence-electron chi connectivity index (χ3n) is 6.02. The molecule has 0 spiro atoms. The van der Waals surface area contributed by atoms with Crippen LogP contribution in [0.5, 0.6) is 0 Å². The van der Waals surface area contributed by atoms with Crippen molar-refractivity contribution in [3.8, 4) is 0 Å². The predicted octanol–water partition coefficient (Wildman–Crippen LogP) is -1.10. The first kappa shape index (κ1) is 21.7. The van der Waals surface area contributed by atoms with Crippen LogP contribution in [0.15, 0.2) is 0 Å². The van der Waals surface area contributed by atoms with Gasteiger partial charge in [-0.05, 0) is 39.7 Å². The van der Waals surface area contributed by atoms with Gasteiger partial charge in [-0.1, -0.05) is 0 Å². The molecule has 3 heterocycles. The van der Waals surface area contributed by atoms with E-state index >= 15 is 0 Å². The quantitative estimate of drug-likeness (QED) is 0.386. The number of hydrogen-bond donors (Lipinski definition) is 5. The van der Waals surface area contributed by atoms with Gasteiger partial charge in [0.25, 0.3) is 0 Å². The molecule has 0 saturated carbocycles. The molecule has 3 aliphatic heterocycles. The molecule has 9 nitrogen and oxygen atoms in total. The molecular formula is C19H37N5O4. The van der Waals surface area contributed by atoms with Crippen LogP contribution in [0, 0.1) is 0 Å². The van der Waals surface area contributed by atoms with E-state index in [1.165, 1.54) is 19.3 Å². The second-order valence-electron chi connectivity index (χ2n) is 8.42. The Morgan fingerprint density at radius 3 is 2.50 bits per heavy atom. The number of ether oxygens (including phenoxy) is 1. The maximum atomic E-state index is 11.9. The average molecular weight is 400 g/mol. The predicted molar refractivity (Wildman–Crippen MR) is 106 cm³/mol. The number of aliphatic hydroxyl groups excluding tert-OH is 2. The number of nitrogens with zero attached hydrogens (tertiary/aromatic N) is 2. The number of urea groups is 1. The molecule has 28 heavy (non-hydrogen) atoms.